The van der Waals surface area contributed by atoms with Crippen LogP contribution in [0.1, 0.15) is 12.8 Å². The maximum absolute atomic E-state index is 11.7. The second-order valence-electron chi connectivity index (χ2n) is 3.92. The highest BCUT2D eigenvalue weighted by Gasteiger charge is 2.28. The predicted octanol–water partition coefficient (Wildman–Crippen LogP) is -0.974. The van der Waals surface area contributed by atoms with Crippen molar-refractivity contribution in [1.29, 1.82) is 0 Å². The molecule has 0 spiro atoms. The summed E-state index contributed by atoms with van der Waals surface area (Å²) >= 11 is 0. The second kappa shape index (κ2) is 4.80. The molecule has 1 aliphatic rings. The zero-order valence-corrected chi connectivity index (χ0v) is 10.7. The fraction of sp³-hybridized carbons (Fsp3) is 0.875. The molecular formula is C8H15NO5S2. The van der Waals surface area contributed by atoms with Crippen LogP contribution in [-0.4, -0.2) is 57.8 Å². The third-order valence-corrected chi connectivity index (χ3v) is 5.34. The summed E-state index contributed by atoms with van der Waals surface area (Å²) in [6, 6.07) is 0. The van der Waals surface area contributed by atoms with E-state index in [1.807, 2.05) is 0 Å². The molecule has 1 aliphatic heterocycles. The van der Waals surface area contributed by atoms with Crippen molar-refractivity contribution in [2.45, 2.75) is 12.8 Å². The molecule has 0 aromatic rings. The summed E-state index contributed by atoms with van der Waals surface area (Å²) < 4.78 is 46.2. The van der Waals surface area contributed by atoms with Crippen molar-refractivity contribution in [2.75, 3.05) is 30.9 Å². The van der Waals surface area contributed by atoms with Gasteiger partial charge in [-0.25, -0.2) is 16.8 Å². The average molecular weight is 269 g/mol. The highest BCUT2D eigenvalue weighted by atomic mass is 32.2. The Bertz CT molecular complexity index is 465. The first kappa shape index (κ1) is 13.6. The zero-order chi connectivity index (χ0) is 12.4. The number of Topliss-reactive ketones (excluding diaryl/α,β-unsaturated/α-hetero) is 1. The molecule has 0 aromatic heterocycles. The van der Waals surface area contributed by atoms with Gasteiger partial charge in [-0.15, -0.1) is 0 Å². The molecule has 0 aromatic carbocycles. The van der Waals surface area contributed by atoms with E-state index >= 15 is 0 Å². The van der Waals surface area contributed by atoms with E-state index in [9.17, 15) is 21.6 Å². The molecule has 0 bridgehead atoms. The van der Waals surface area contributed by atoms with Crippen molar-refractivity contribution in [3.8, 4) is 0 Å². The highest BCUT2D eigenvalue weighted by molar-refractivity contribution is 7.93. The number of hydrogen-bond donors (Lipinski definition) is 0. The molecule has 94 valence electrons. The number of ketones is 1. The van der Waals surface area contributed by atoms with Crippen molar-refractivity contribution in [2.24, 2.45) is 0 Å². The van der Waals surface area contributed by atoms with Crippen LogP contribution in [0.5, 0.6) is 0 Å². The molecule has 0 unspecified atom stereocenters. The molecule has 0 radical (unpaired) electrons. The first-order valence-corrected chi connectivity index (χ1v) is 8.55. The molecule has 0 aliphatic carbocycles. The summed E-state index contributed by atoms with van der Waals surface area (Å²) in [5.41, 5.74) is 0. The molecule has 1 rings (SSSR count). The highest BCUT2D eigenvalue weighted by Crippen LogP contribution is 2.11. The van der Waals surface area contributed by atoms with E-state index in [1.54, 1.807) is 0 Å². The van der Waals surface area contributed by atoms with Gasteiger partial charge in [-0.3, -0.25) is 4.79 Å². The van der Waals surface area contributed by atoms with E-state index in [0.29, 0.717) is 19.4 Å². The molecule has 1 heterocycles. The first-order chi connectivity index (χ1) is 7.21. The minimum absolute atomic E-state index is 0.116. The summed E-state index contributed by atoms with van der Waals surface area (Å²) in [6.45, 7) is 0.184. The van der Waals surface area contributed by atoms with Crippen LogP contribution in [0.2, 0.25) is 0 Å². The van der Waals surface area contributed by atoms with Crippen LogP contribution in [0.25, 0.3) is 0 Å². The van der Waals surface area contributed by atoms with Crippen molar-refractivity contribution < 1.29 is 21.6 Å². The second-order valence-corrected chi connectivity index (χ2v) is 8.27. The lowest BCUT2D eigenvalue weighted by Crippen LogP contribution is -2.42. The number of sulfone groups is 1. The van der Waals surface area contributed by atoms with Crippen LogP contribution in [0.4, 0.5) is 0 Å². The lowest BCUT2D eigenvalue weighted by molar-refractivity contribution is -0.120. The molecule has 6 nitrogen and oxygen atoms in total. The maximum atomic E-state index is 11.7. The maximum Gasteiger partial charge on any atom is 0.215 e. The summed E-state index contributed by atoms with van der Waals surface area (Å²) in [5, 5.41) is 0. The Morgan fingerprint density at radius 3 is 2.31 bits per heavy atom. The summed E-state index contributed by atoms with van der Waals surface area (Å²) in [6.07, 6.45) is 1.90. The lowest BCUT2D eigenvalue weighted by Gasteiger charge is -2.24. The number of nitrogens with zero attached hydrogens (tertiary/aromatic N) is 1. The molecule has 1 fully saturated rings. The number of sulfonamides is 1. The first-order valence-electron chi connectivity index (χ1n) is 4.88. The fourth-order valence-corrected chi connectivity index (χ4v) is 4.49. The number of carbonyl (C=O) groups is 1. The normalized spacial score (nSPS) is 19.9. The largest absolute Gasteiger partial charge is 0.298 e. The third-order valence-electron chi connectivity index (χ3n) is 2.32. The van der Waals surface area contributed by atoms with E-state index in [2.05, 4.69) is 0 Å². The zero-order valence-electron chi connectivity index (χ0n) is 9.05. The van der Waals surface area contributed by atoms with Gasteiger partial charge in [-0.05, 0) is 6.42 Å². The van der Waals surface area contributed by atoms with E-state index in [1.165, 1.54) is 0 Å². The van der Waals surface area contributed by atoms with Crippen molar-refractivity contribution in [3.05, 3.63) is 0 Å². The minimum atomic E-state index is -3.62. The Morgan fingerprint density at radius 2 is 1.81 bits per heavy atom. The van der Waals surface area contributed by atoms with E-state index in [0.717, 1.165) is 10.6 Å². The Kier molecular flexibility index (Phi) is 4.08. The van der Waals surface area contributed by atoms with Crippen LogP contribution in [0, 0.1) is 0 Å². The van der Waals surface area contributed by atoms with Gasteiger partial charge in [-0.1, -0.05) is 0 Å². The molecule has 16 heavy (non-hydrogen) atoms. The topological polar surface area (TPSA) is 88.6 Å². The van der Waals surface area contributed by atoms with Crippen LogP contribution in [0.3, 0.4) is 0 Å². The quantitative estimate of drug-likeness (QED) is 0.655. The summed E-state index contributed by atoms with van der Waals surface area (Å²) in [5.74, 6) is -0.965. The Morgan fingerprint density at radius 1 is 1.19 bits per heavy atom. The van der Waals surface area contributed by atoms with Gasteiger partial charge in [0.1, 0.15) is 15.6 Å². The van der Waals surface area contributed by atoms with E-state index in [4.69, 9.17) is 0 Å². The van der Waals surface area contributed by atoms with Gasteiger partial charge in [-0.2, -0.15) is 4.31 Å². The summed E-state index contributed by atoms with van der Waals surface area (Å²) in [7, 11) is -6.92. The minimum Gasteiger partial charge on any atom is -0.298 e. The van der Waals surface area contributed by atoms with Gasteiger partial charge < -0.3 is 0 Å². The number of piperidine rings is 1. The molecule has 0 saturated carbocycles. The average Bonchev–Trinajstić information content (AvgIpc) is 2.14. The number of carbonyl (C=O) groups excluding carboxylic acids is 1. The predicted molar refractivity (Wildman–Crippen MR) is 59.3 cm³/mol. The molecule has 0 atom stereocenters. The smallest absolute Gasteiger partial charge is 0.215 e. The van der Waals surface area contributed by atoms with Crippen molar-refractivity contribution >= 4 is 25.6 Å². The van der Waals surface area contributed by atoms with E-state index in [-0.39, 0.29) is 12.3 Å². The van der Waals surface area contributed by atoms with Crippen LogP contribution in [0.15, 0.2) is 0 Å². The Balaban J connectivity index is 2.67. The molecule has 8 heteroatoms. The Hall–Kier alpha value is -0.470. The van der Waals surface area contributed by atoms with Gasteiger partial charge >= 0.3 is 0 Å². The molecular weight excluding hydrogens is 254 g/mol. The van der Waals surface area contributed by atoms with Crippen molar-refractivity contribution in [3.63, 3.8) is 0 Å². The van der Waals surface area contributed by atoms with Gasteiger partial charge in [0, 0.05) is 19.2 Å². The SMILES string of the molecule is CS(=O)(=O)CCS(=O)(=O)N1CCCC(=O)C1. The van der Waals surface area contributed by atoms with Gasteiger partial charge in [0.2, 0.25) is 10.0 Å². The summed E-state index contributed by atoms with van der Waals surface area (Å²) in [4.78, 5) is 11.1. The van der Waals surface area contributed by atoms with E-state index < -0.39 is 31.4 Å². The number of rotatable bonds is 4. The van der Waals surface area contributed by atoms with Crippen LogP contribution < -0.4 is 0 Å². The molecule has 1 saturated heterocycles. The van der Waals surface area contributed by atoms with Crippen LogP contribution >= 0.6 is 0 Å². The fourth-order valence-electron chi connectivity index (χ4n) is 1.43. The lowest BCUT2D eigenvalue weighted by atomic mass is 10.1. The molecule has 0 amide bonds. The van der Waals surface area contributed by atoms with Crippen molar-refractivity contribution in [1.82, 2.24) is 4.31 Å². The van der Waals surface area contributed by atoms with Gasteiger partial charge in [0.15, 0.2) is 0 Å². The monoisotopic (exact) mass is 269 g/mol. The van der Waals surface area contributed by atoms with Gasteiger partial charge in [0.05, 0.1) is 18.1 Å². The van der Waals surface area contributed by atoms with Crippen LogP contribution in [-0.2, 0) is 24.7 Å². The number of hydrogen-bond acceptors (Lipinski definition) is 5. The molecule has 0 N–H and O–H groups in total. The van der Waals surface area contributed by atoms with Gasteiger partial charge in [0.25, 0.3) is 0 Å². The Labute approximate surface area is 95.6 Å². The third kappa shape index (κ3) is 4.18. The standard InChI is InChI=1S/C8H15NO5S2/c1-15(11,12)5-6-16(13,14)9-4-2-3-8(10)7-9/h2-7H2,1H3.